The lowest BCUT2D eigenvalue weighted by Gasteiger charge is -2.06. The van der Waals surface area contributed by atoms with Gasteiger partial charge in [-0.2, -0.15) is 0 Å². The van der Waals surface area contributed by atoms with Crippen molar-refractivity contribution in [1.82, 2.24) is 9.97 Å². The number of esters is 2. The zero-order valence-electron chi connectivity index (χ0n) is 9.87. The van der Waals surface area contributed by atoms with Crippen molar-refractivity contribution in [3.63, 3.8) is 0 Å². The zero-order chi connectivity index (χ0) is 14.6. The molecule has 5 N–H and O–H groups in total. The fourth-order valence-electron chi connectivity index (χ4n) is 1.01. The Morgan fingerprint density at radius 1 is 1.53 bits per heavy atom. The third-order valence-corrected chi connectivity index (χ3v) is 1.94. The molecule has 0 saturated heterocycles. The summed E-state index contributed by atoms with van der Waals surface area (Å²) >= 11 is 0. The fraction of sp³-hybridized carbons (Fsp3) is 0.222. The van der Waals surface area contributed by atoms with Crippen LogP contribution in [-0.2, 0) is 9.53 Å². The van der Waals surface area contributed by atoms with Gasteiger partial charge in [0.15, 0.2) is 12.2 Å². The number of nitrogens with one attached hydrogen (secondary N) is 1. The number of nitrogens with two attached hydrogens (primary N) is 2. The van der Waals surface area contributed by atoms with Crippen LogP contribution in [-0.4, -0.2) is 46.0 Å². The minimum absolute atomic E-state index is 0.138. The van der Waals surface area contributed by atoms with Gasteiger partial charge in [0, 0.05) is 6.07 Å². The van der Waals surface area contributed by atoms with E-state index in [0.717, 1.165) is 10.6 Å². The van der Waals surface area contributed by atoms with E-state index in [-0.39, 0.29) is 12.5 Å². The summed E-state index contributed by atoms with van der Waals surface area (Å²) in [5.74, 6) is -2.31. The number of nitrogens with zero attached hydrogens (tertiary/aromatic N) is 2. The average Bonchev–Trinajstić information content (AvgIpc) is 2.26. The van der Waals surface area contributed by atoms with Crippen LogP contribution in [0.4, 0.5) is 0 Å². The summed E-state index contributed by atoms with van der Waals surface area (Å²) in [7, 11) is 1.41. The largest absolute Gasteiger partial charge is 0.846 e. The molecule has 0 aromatic carbocycles. The van der Waals surface area contributed by atoms with E-state index in [1.807, 2.05) is 0 Å². The number of carbonyl (C=O) groups excluding carboxylic acids is 2. The number of aromatic nitrogens is 2. The molecule has 0 saturated carbocycles. The van der Waals surface area contributed by atoms with Gasteiger partial charge in [0.05, 0.1) is 13.1 Å². The highest BCUT2D eigenvalue weighted by Crippen LogP contribution is 1.97. The number of ether oxygens (including phenoxy) is 1. The van der Waals surface area contributed by atoms with Crippen LogP contribution < -0.4 is 22.1 Å². The maximum Gasteiger partial charge on any atom is 0.364 e. The highest BCUT2D eigenvalue weighted by atomic mass is 16.6. The quantitative estimate of drug-likeness (QED) is 0.166. The molecule has 1 rings (SSSR count). The van der Waals surface area contributed by atoms with Crippen molar-refractivity contribution < 1.29 is 24.0 Å². The lowest BCUT2D eigenvalue weighted by atomic mass is 10.4. The summed E-state index contributed by atoms with van der Waals surface area (Å²) in [4.78, 5) is 38.7. The van der Waals surface area contributed by atoms with E-state index < -0.39 is 29.2 Å². The van der Waals surface area contributed by atoms with Crippen LogP contribution in [0.15, 0.2) is 10.9 Å². The van der Waals surface area contributed by atoms with Gasteiger partial charge in [-0.25, -0.2) is 14.6 Å². The molecule has 19 heavy (non-hydrogen) atoms. The van der Waals surface area contributed by atoms with Gasteiger partial charge in [0.1, 0.15) is 0 Å². The highest BCUT2D eigenvalue weighted by molar-refractivity contribution is 5.95. The minimum Gasteiger partial charge on any atom is -0.846 e. The molecule has 0 bridgehead atoms. The van der Waals surface area contributed by atoms with Crippen LogP contribution in [0.2, 0.25) is 0 Å². The van der Waals surface area contributed by atoms with Crippen molar-refractivity contribution in [3.05, 3.63) is 22.1 Å². The molecular weight excluding hydrogens is 258 g/mol. The molecular formula is C9H11N5O5. The van der Waals surface area contributed by atoms with Gasteiger partial charge in [-0.05, 0) is 0 Å². The minimum atomic E-state index is -1.21. The molecule has 1 aromatic rings. The number of H-pyrrole nitrogens is 1. The number of likely N-dealkylation sites (N-methyl/N-ethyl adjacent to an activating group) is 1. The van der Waals surface area contributed by atoms with Gasteiger partial charge < -0.3 is 14.8 Å². The molecule has 102 valence electrons. The number of aromatic amines is 1. The molecule has 0 spiro atoms. The van der Waals surface area contributed by atoms with Crippen LogP contribution in [0.25, 0.3) is 0 Å². The maximum atomic E-state index is 11.4. The van der Waals surface area contributed by atoms with E-state index in [9.17, 15) is 19.5 Å². The summed E-state index contributed by atoms with van der Waals surface area (Å²) in [6, 6.07) is -0.270. The number of guanidine groups is 1. The van der Waals surface area contributed by atoms with E-state index in [4.69, 9.17) is 11.5 Å². The molecule has 0 radical (unpaired) electrons. The number of hydrogen-bond acceptors (Lipinski definition) is 6. The van der Waals surface area contributed by atoms with Crippen molar-refractivity contribution in [2.75, 3.05) is 13.6 Å². The van der Waals surface area contributed by atoms with Crippen molar-refractivity contribution in [2.45, 2.75) is 0 Å². The molecule has 0 aliphatic carbocycles. The lowest BCUT2D eigenvalue weighted by Crippen LogP contribution is -2.37. The second-order valence-electron chi connectivity index (χ2n) is 3.48. The predicted molar refractivity (Wildman–Crippen MR) is 59.2 cm³/mol. The Morgan fingerprint density at radius 3 is 2.68 bits per heavy atom. The second-order valence-corrected chi connectivity index (χ2v) is 3.48. The summed E-state index contributed by atoms with van der Waals surface area (Å²) in [5.41, 5.74) is 9.01. The molecule has 0 aliphatic heterocycles. The van der Waals surface area contributed by atoms with Crippen LogP contribution in [0, 0.1) is 0 Å². The lowest BCUT2D eigenvalue weighted by molar-refractivity contribution is -0.489. The average molecular weight is 269 g/mol. The SMILES string of the molecule is C[N+](CC(=O)OC(=O)c1cc(=O)[nH]c([O-])n1)=C(N)N. The summed E-state index contributed by atoms with van der Waals surface area (Å²) in [6.07, 6.45) is 0. The molecule has 1 heterocycles. The molecule has 10 nitrogen and oxygen atoms in total. The van der Waals surface area contributed by atoms with Crippen molar-refractivity contribution in [2.24, 2.45) is 11.5 Å². The van der Waals surface area contributed by atoms with E-state index in [0.29, 0.717) is 0 Å². The molecule has 0 amide bonds. The Bertz CT molecular complexity index is 601. The van der Waals surface area contributed by atoms with Crippen LogP contribution in [0.3, 0.4) is 0 Å². The third-order valence-electron chi connectivity index (χ3n) is 1.94. The Labute approximate surface area is 106 Å². The smallest absolute Gasteiger partial charge is 0.364 e. The number of rotatable bonds is 3. The van der Waals surface area contributed by atoms with Gasteiger partial charge in [0.25, 0.3) is 5.56 Å². The Kier molecular flexibility index (Phi) is 4.19. The Morgan fingerprint density at radius 2 is 2.16 bits per heavy atom. The molecule has 0 atom stereocenters. The highest BCUT2D eigenvalue weighted by Gasteiger charge is 2.16. The van der Waals surface area contributed by atoms with E-state index >= 15 is 0 Å². The van der Waals surface area contributed by atoms with Crippen LogP contribution >= 0.6 is 0 Å². The van der Waals surface area contributed by atoms with Gasteiger partial charge in [0.2, 0.25) is 0 Å². The number of hydrogen-bond donors (Lipinski definition) is 3. The van der Waals surface area contributed by atoms with Gasteiger partial charge in [-0.1, -0.05) is 0 Å². The summed E-state index contributed by atoms with van der Waals surface area (Å²) in [6.45, 7) is -0.374. The van der Waals surface area contributed by atoms with Crippen LogP contribution in [0.1, 0.15) is 10.5 Å². The summed E-state index contributed by atoms with van der Waals surface area (Å²) in [5, 5.41) is 10.9. The Balaban J connectivity index is 2.78. The molecule has 0 fully saturated rings. The molecule has 0 aliphatic rings. The van der Waals surface area contributed by atoms with Gasteiger partial charge >= 0.3 is 17.9 Å². The topological polar surface area (TPSA) is 167 Å². The molecule has 1 aromatic heterocycles. The molecule has 10 heteroatoms. The monoisotopic (exact) mass is 269 g/mol. The van der Waals surface area contributed by atoms with E-state index in [1.54, 1.807) is 4.98 Å². The fourth-order valence-corrected chi connectivity index (χ4v) is 1.01. The van der Waals surface area contributed by atoms with Crippen molar-refractivity contribution in [1.29, 1.82) is 0 Å². The van der Waals surface area contributed by atoms with Crippen molar-refractivity contribution in [3.8, 4) is 6.01 Å². The van der Waals surface area contributed by atoms with Gasteiger partial charge in [-0.15, -0.1) is 0 Å². The van der Waals surface area contributed by atoms with E-state index in [1.165, 1.54) is 7.05 Å². The zero-order valence-corrected chi connectivity index (χ0v) is 9.87. The molecule has 0 unspecified atom stereocenters. The standard InChI is InChI=1S/C9H11N5O5/c1-14(8(10)11)3-6(16)19-7(17)4-2-5(15)13-9(18)12-4/h2H,3H2,1H3,(H5,10,11,12,13,15,18). The summed E-state index contributed by atoms with van der Waals surface area (Å²) < 4.78 is 5.51. The second kappa shape index (κ2) is 5.62. The van der Waals surface area contributed by atoms with Crippen molar-refractivity contribution >= 4 is 17.9 Å². The first-order valence-corrected chi connectivity index (χ1v) is 4.92. The maximum absolute atomic E-state index is 11.4. The number of carbonyl (C=O) groups is 2. The predicted octanol–water partition coefficient (Wildman–Crippen LogP) is -3.56. The van der Waals surface area contributed by atoms with E-state index in [2.05, 4.69) is 9.72 Å². The first-order valence-electron chi connectivity index (χ1n) is 4.92. The Hall–Kier alpha value is -2.91. The first kappa shape index (κ1) is 14.2. The third kappa shape index (κ3) is 4.11. The van der Waals surface area contributed by atoms with Crippen LogP contribution in [0.5, 0.6) is 6.01 Å². The first-order chi connectivity index (χ1) is 8.79. The normalized spacial score (nSPS) is 9.74. The van der Waals surface area contributed by atoms with Gasteiger partial charge in [-0.3, -0.25) is 20.8 Å².